The molecule has 35 heavy (non-hydrogen) atoms. The summed E-state index contributed by atoms with van der Waals surface area (Å²) in [6.45, 7) is 3.84. The van der Waals surface area contributed by atoms with Gasteiger partial charge in [-0.3, -0.25) is 9.59 Å². The molecule has 2 aliphatic rings. The second-order valence-electron chi connectivity index (χ2n) is 7.89. The smallest absolute Gasteiger partial charge is 0.388 e. The maximum atomic E-state index is 12.5. The number of fused-ring (bicyclic) bond motifs is 2. The molecule has 0 aromatic rings. The van der Waals surface area contributed by atoms with Crippen LogP contribution in [0, 0.1) is 0 Å². The summed E-state index contributed by atoms with van der Waals surface area (Å²) in [6, 6.07) is -1.59. The lowest BCUT2D eigenvalue weighted by atomic mass is 9.88. The Morgan fingerprint density at radius 3 is 2.14 bits per heavy atom. The Balaban J connectivity index is 1.53. The second kappa shape index (κ2) is 14.2. The molecule has 0 spiro atoms. The molecular weight excluding hydrogens is 485 g/mol. The molecule has 2 bridgehead atoms. The number of rotatable bonds is 16. The molecule has 0 aromatic carbocycles. The average molecular weight is 518 g/mol. The maximum Gasteiger partial charge on any atom is 0.471 e. The van der Waals surface area contributed by atoms with Crippen molar-refractivity contribution in [1.29, 1.82) is 0 Å². The van der Waals surface area contributed by atoms with Crippen LogP contribution in [0.2, 0.25) is 0 Å². The molecule has 204 valence electrons. The van der Waals surface area contributed by atoms with Crippen LogP contribution in [0.1, 0.15) is 13.3 Å². The van der Waals surface area contributed by atoms with E-state index >= 15 is 0 Å². The van der Waals surface area contributed by atoms with E-state index in [1.54, 1.807) is 12.2 Å². The number of alkyl halides is 3. The van der Waals surface area contributed by atoms with E-state index in [1.165, 1.54) is 0 Å². The quantitative estimate of drug-likeness (QED) is 0.177. The van der Waals surface area contributed by atoms with E-state index in [4.69, 9.17) is 28.4 Å². The zero-order chi connectivity index (χ0) is 25.9. The summed E-state index contributed by atoms with van der Waals surface area (Å²) < 4.78 is 69.6. The number of hydrogen-bond acceptors (Lipinski definition) is 10. The highest BCUT2D eigenvalue weighted by Crippen LogP contribution is 2.37. The van der Waals surface area contributed by atoms with Crippen molar-refractivity contribution in [3.8, 4) is 0 Å². The lowest BCUT2D eigenvalue weighted by Crippen LogP contribution is -2.67. The number of halogens is 3. The first-order chi connectivity index (χ1) is 16.6. The normalized spacial score (nSPS) is 28.2. The van der Waals surface area contributed by atoms with Crippen LogP contribution < -0.4 is 10.6 Å². The van der Waals surface area contributed by atoms with Crippen molar-refractivity contribution in [1.82, 2.24) is 10.6 Å². The summed E-state index contributed by atoms with van der Waals surface area (Å²) in [6.07, 6.45) is -9.50. The van der Waals surface area contributed by atoms with E-state index in [-0.39, 0.29) is 32.3 Å². The summed E-state index contributed by atoms with van der Waals surface area (Å²) in [7, 11) is 0. The number of nitrogens with one attached hydrogen (secondary N) is 2. The predicted molar refractivity (Wildman–Crippen MR) is 110 cm³/mol. The van der Waals surface area contributed by atoms with Crippen LogP contribution in [0.5, 0.6) is 0 Å². The Hall–Kier alpha value is -1.59. The van der Waals surface area contributed by atoms with Crippen molar-refractivity contribution in [3.63, 3.8) is 0 Å². The van der Waals surface area contributed by atoms with E-state index in [9.17, 15) is 33.0 Å². The van der Waals surface area contributed by atoms with Gasteiger partial charge in [0.05, 0.1) is 59.5 Å². The van der Waals surface area contributed by atoms with Crippen molar-refractivity contribution in [2.75, 3.05) is 66.0 Å². The van der Waals surface area contributed by atoms with Crippen molar-refractivity contribution in [2.24, 2.45) is 0 Å². The third-order valence-corrected chi connectivity index (χ3v) is 5.27. The molecule has 2 saturated heterocycles. The Labute approximate surface area is 200 Å². The Kier molecular flexibility index (Phi) is 12.0. The van der Waals surface area contributed by atoms with Gasteiger partial charge in [-0.2, -0.15) is 13.2 Å². The van der Waals surface area contributed by atoms with Gasteiger partial charge >= 0.3 is 12.1 Å². The molecule has 2 fully saturated rings. The zero-order valence-corrected chi connectivity index (χ0v) is 19.4. The Morgan fingerprint density at radius 2 is 1.57 bits per heavy atom. The fraction of sp³-hybridized carbons (Fsp3) is 0.900. The zero-order valence-electron chi connectivity index (χ0n) is 19.4. The van der Waals surface area contributed by atoms with Gasteiger partial charge in [0.2, 0.25) is 5.91 Å². The summed E-state index contributed by atoms with van der Waals surface area (Å²) in [5, 5.41) is 24.9. The lowest BCUT2D eigenvalue weighted by Gasteiger charge is -2.42. The van der Waals surface area contributed by atoms with Crippen LogP contribution in [0.15, 0.2) is 0 Å². The van der Waals surface area contributed by atoms with Crippen LogP contribution in [0.4, 0.5) is 13.2 Å². The van der Waals surface area contributed by atoms with Gasteiger partial charge in [-0.05, 0) is 0 Å². The van der Waals surface area contributed by atoms with E-state index in [0.29, 0.717) is 46.0 Å². The molecular formula is C20H33F3N2O10. The number of aliphatic hydroxyl groups excluding tert-OH is 2. The van der Waals surface area contributed by atoms with Gasteiger partial charge in [0, 0.05) is 13.0 Å². The van der Waals surface area contributed by atoms with Gasteiger partial charge in [0.25, 0.3) is 0 Å². The van der Waals surface area contributed by atoms with Gasteiger partial charge in [0.15, 0.2) is 6.29 Å². The molecule has 2 aliphatic heterocycles. The number of aliphatic hydroxyl groups is 2. The molecule has 2 rings (SSSR count). The van der Waals surface area contributed by atoms with E-state index in [1.807, 2.05) is 0 Å². The molecule has 2 heterocycles. The Morgan fingerprint density at radius 1 is 1.00 bits per heavy atom. The van der Waals surface area contributed by atoms with Crippen LogP contribution in [0.3, 0.4) is 0 Å². The van der Waals surface area contributed by atoms with Gasteiger partial charge in [0.1, 0.15) is 23.9 Å². The van der Waals surface area contributed by atoms with E-state index < -0.39 is 42.2 Å². The third-order valence-electron chi connectivity index (χ3n) is 5.27. The third kappa shape index (κ3) is 9.09. The standard InChI is InChI=1S/C20H33F3N2O10/c1-2-13(26)24-3-4-30-5-6-31-7-8-32-9-10-33-11-19-12-34-17(35-19)14(15(27)16(19)28)25-18(29)20(21,22)23/h14-17,27-28H,2-12H2,1H3,(H,24,26)(H,25,29)/t14-,15-,16-,17+,19+/m1/s1. The first-order valence-corrected chi connectivity index (χ1v) is 11.2. The minimum atomic E-state index is -5.16. The SMILES string of the molecule is CCC(=O)NCCOCCOCCOCCOC[C@@]12CO[C@@H](O1)[C@H](NC(=O)C(F)(F)F)[C@@H](O)[C@H]2O. The minimum absolute atomic E-state index is 0.0325. The van der Waals surface area contributed by atoms with Gasteiger partial charge in [-0.15, -0.1) is 0 Å². The molecule has 2 amide bonds. The van der Waals surface area contributed by atoms with E-state index in [2.05, 4.69) is 5.32 Å². The van der Waals surface area contributed by atoms with Crippen molar-refractivity contribution in [2.45, 2.75) is 49.7 Å². The molecule has 0 aromatic heterocycles. The number of carbonyl (C=O) groups is 2. The highest BCUT2D eigenvalue weighted by Gasteiger charge is 2.60. The maximum absolute atomic E-state index is 12.5. The summed E-state index contributed by atoms with van der Waals surface area (Å²) in [5.74, 6) is -2.31. The molecule has 15 heteroatoms. The number of ether oxygens (including phenoxy) is 6. The molecule has 12 nitrogen and oxygen atoms in total. The fourth-order valence-corrected chi connectivity index (χ4v) is 3.36. The second-order valence-corrected chi connectivity index (χ2v) is 7.89. The lowest BCUT2D eigenvalue weighted by molar-refractivity contribution is -0.240. The molecule has 0 unspecified atom stereocenters. The molecule has 0 aliphatic carbocycles. The van der Waals surface area contributed by atoms with Crippen molar-refractivity contribution in [3.05, 3.63) is 0 Å². The number of carbonyl (C=O) groups excluding carboxylic acids is 2. The van der Waals surface area contributed by atoms with Crippen LogP contribution >= 0.6 is 0 Å². The van der Waals surface area contributed by atoms with Gasteiger partial charge in [-0.25, -0.2) is 0 Å². The monoisotopic (exact) mass is 518 g/mol. The minimum Gasteiger partial charge on any atom is -0.388 e. The molecule has 0 radical (unpaired) electrons. The average Bonchev–Trinajstić information content (AvgIpc) is 3.22. The summed E-state index contributed by atoms with van der Waals surface area (Å²) >= 11 is 0. The van der Waals surface area contributed by atoms with Gasteiger partial charge in [-0.1, -0.05) is 6.92 Å². The van der Waals surface area contributed by atoms with Crippen molar-refractivity contribution < 1.29 is 61.4 Å². The fourth-order valence-electron chi connectivity index (χ4n) is 3.36. The molecule has 5 atom stereocenters. The van der Waals surface area contributed by atoms with Crippen LogP contribution in [0.25, 0.3) is 0 Å². The number of hydrogen-bond donors (Lipinski definition) is 4. The van der Waals surface area contributed by atoms with Gasteiger partial charge < -0.3 is 49.3 Å². The highest BCUT2D eigenvalue weighted by molar-refractivity contribution is 5.82. The number of amides is 2. The van der Waals surface area contributed by atoms with Crippen LogP contribution in [-0.2, 0) is 38.0 Å². The molecule has 4 N–H and O–H groups in total. The summed E-state index contributed by atoms with van der Waals surface area (Å²) in [5.41, 5.74) is -1.48. The van der Waals surface area contributed by atoms with Crippen molar-refractivity contribution >= 4 is 11.8 Å². The van der Waals surface area contributed by atoms with E-state index in [0.717, 1.165) is 0 Å². The largest absolute Gasteiger partial charge is 0.471 e. The highest BCUT2D eigenvalue weighted by atomic mass is 19.4. The molecule has 0 saturated carbocycles. The predicted octanol–water partition coefficient (Wildman–Crippen LogP) is -1.53. The first-order valence-electron chi connectivity index (χ1n) is 11.2. The van der Waals surface area contributed by atoms with Crippen LogP contribution in [-0.4, -0.2) is 124 Å². The summed E-state index contributed by atoms with van der Waals surface area (Å²) in [4.78, 5) is 22.2. The first kappa shape index (κ1) is 29.6. The Bertz CT molecular complexity index is 672. The topological polar surface area (TPSA) is 154 Å².